The quantitative estimate of drug-likeness (QED) is 0.944. The van der Waals surface area contributed by atoms with Gasteiger partial charge in [0.05, 0.1) is 12.7 Å². The summed E-state index contributed by atoms with van der Waals surface area (Å²) < 4.78 is 5.22. The summed E-state index contributed by atoms with van der Waals surface area (Å²) >= 11 is 0. The molecule has 0 saturated heterocycles. The number of hydrogen-bond donors (Lipinski definition) is 1. The number of anilines is 2. The highest BCUT2D eigenvalue weighted by molar-refractivity contribution is 6.07. The van der Waals surface area contributed by atoms with E-state index in [1.807, 2.05) is 6.07 Å². The Labute approximate surface area is 129 Å². The Morgan fingerprint density at radius 1 is 1.05 bits per heavy atom. The van der Waals surface area contributed by atoms with E-state index in [0.717, 1.165) is 5.69 Å². The zero-order valence-electron chi connectivity index (χ0n) is 12.8. The van der Waals surface area contributed by atoms with Gasteiger partial charge in [-0.3, -0.25) is 9.59 Å². The van der Waals surface area contributed by atoms with Gasteiger partial charge in [0.2, 0.25) is 5.91 Å². The van der Waals surface area contributed by atoms with Crippen molar-refractivity contribution in [2.24, 2.45) is 0 Å². The molecular weight excluding hydrogens is 280 g/mol. The van der Waals surface area contributed by atoms with E-state index < -0.39 is 0 Å². The number of ether oxygens (including phenoxy) is 1. The summed E-state index contributed by atoms with van der Waals surface area (Å²) in [7, 11) is 3.23. The summed E-state index contributed by atoms with van der Waals surface area (Å²) in [4.78, 5) is 25.1. The molecule has 2 amide bonds. The molecule has 0 radical (unpaired) electrons. The van der Waals surface area contributed by atoms with Gasteiger partial charge in [0, 0.05) is 25.3 Å². The second kappa shape index (κ2) is 6.76. The number of benzene rings is 2. The van der Waals surface area contributed by atoms with Gasteiger partial charge in [0.1, 0.15) is 5.75 Å². The minimum atomic E-state index is -0.162. The first-order valence-electron chi connectivity index (χ1n) is 6.81. The summed E-state index contributed by atoms with van der Waals surface area (Å²) in [6, 6.07) is 14.1. The molecule has 0 aliphatic rings. The van der Waals surface area contributed by atoms with E-state index in [2.05, 4.69) is 5.32 Å². The Morgan fingerprint density at radius 3 is 2.27 bits per heavy atom. The van der Waals surface area contributed by atoms with Crippen LogP contribution in [0.1, 0.15) is 17.3 Å². The fraction of sp³-hybridized carbons (Fsp3) is 0.176. The van der Waals surface area contributed by atoms with Crippen LogP contribution in [0.25, 0.3) is 0 Å². The van der Waals surface area contributed by atoms with Gasteiger partial charge >= 0.3 is 0 Å². The second-order valence-corrected chi connectivity index (χ2v) is 4.79. The molecule has 0 unspecified atom stereocenters. The number of carbonyl (C=O) groups excluding carboxylic acids is 2. The molecular formula is C17H18N2O3. The van der Waals surface area contributed by atoms with Crippen LogP contribution in [-0.4, -0.2) is 26.0 Å². The summed E-state index contributed by atoms with van der Waals surface area (Å²) in [5.74, 6) is 0.241. The SMILES string of the molecule is COc1ccccc1C(=O)N(C)c1ccc(NC(C)=O)cc1. The lowest BCUT2D eigenvalue weighted by molar-refractivity contribution is -0.114. The Balaban J connectivity index is 2.21. The molecule has 0 aliphatic carbocycles. The molecule has 0 fully saturated rings. The molecule has 2 aromatic rings. The molecule has 0 spiro atoms. The first-order valence-corrected chi connectivity index (χ1v) is 6.81. The number of nitrogens with one attached hydrogen (secondary N) is 1. The number of rotatable bonds is 4. The van der Waals surface area contributed by atoms with E-state index in [-0.39, 0.29) is 11.8 Å². The van der Waals surface area contributed by atoms with Gasteiger partial charge in [-0.15, -0.1) is 0 Å². The number of amides is 2. The molecule has 0 heterocycles. The molecule has 0 bridgehead atoms. The van der Waals surface area contributed by atoms with Gasteiger partial charge in [-0.05, 0) is 36.4 Å². The smallest absolute Gasteiger partial charge is 0.261 e. The summed E-state index contributed by atoms with van der Waals surface area (Å²) in [6.45, 7) is 1.45. The predicted molar refractivity (Wildman–Crippen MR) is 86.5 cm³/mol. The first kappa shape index (κ1) is 15.6. The Hall–Kier alpha value is -2.82. The van der Waals surface area contributed by atoms with Gasteiger partial charge < -0.3 is 15.0 Å². The van der Waals surface area contributed by atoms with E-state index in [4.69, 9.17) is 4.74 Å². The summed E-state index contributed by atoms with van der Waals surface area (Å²) in [5.41, 5.74) is 1.91. The van der Waals surface area contributed by atoms with Crippen molar-refractivity contribution in [1.29, 1.82) is 0 Å². The molecule has 0 atom stereocenters. The molecule has 2 rings (SSSR count). The maximum absolute atomic E-state index is 12.6. The van der Waals surface area contributed by atoms with Crippen molar-refractivity contribution in [1.82, 2.24) is 0 Å². The third kappa shape index (κ3) is 3.44. The molecule has 5 heteroatoms. The molecule has 0 saturated carbocycles. The lowest BCUT2D eigenvalue weighted by Gasteiger charge is -2.19. The summed E-state index contributed by atoms with van der Waals surface area (Å²) in [6.07, 6.45) is 0. The van der Waals surface area contributed by atoms with Gasteiger partial charge in [-0.2, -0.15) is 0 Å². The highest BCUT2D eigenvalue weighted by atomic mass is 16.5. The van der Waals surface area contributed by atoms with Crippen LogP contribution in [0.2, 0.25) is 0 Å². The molecule has 5 nitrogen and oxygen atoms in total. The number of carbonyl (C=O) groups is 2. The first-order chi connectivity index (χ1) is 10.5. The number of para-hydroxylation sites is 1. The van der Waals surface area contributed by atoms with Crippen LogP contribution in [0, 0.1) is 0 Å². The Morgan fingerprint density at radius 2 is 1.68 bits per heavy atom. The Bertz CT molecular complexity index is 681. The van der Waals surface area contributed by atoms with E-state index in [0.29, 0.717) is 17.0 Å². The van der Waals surface area contributed by atoms with Crippen molar-refractivity contribution < 1.29 is 14.3 Å². The van der Waals surface area contributed by atoms with Gasteiger partial charge in [-0.25, -0.2) is 0 Å². The minimum absolute atomic E-state index is 0.133. The van der Waals surface area contributed by atoms with Crippen LogP contribution >= 0.6 is 0 Å². The van der Waals surface area contributed by atoms with E-state index in [1.54, 1.807) is 49.5 Å². The highest BCUT2D eigenvalue weighted by Crippen LogP contribution is 2.23. The summed E-state index contributed by atoms with van der Waals surface area (Å²) in [5, 5.41) is 2.69. The minimum Gasteiger partial charge on any atom is -0.496 e. The van der Waals surface area contributed by atoms with Crippen LogP contribution in [0.5, 0.6) is 5.75 Å². The van der Waals surface area contributed by atoms with Crippen LogP contribution in [0.3, 0.4) is 0 Å². The predicted octanol–water partition coefficient (Wildman–Crippen LogP) is 2.93. The average Bonchev–Trinajstić information content (AvgIpc) is 2.53. The highest BCUT2D eigenvalue weighted by Gasteiger charge is 2.17. The van der Waals surface area contributed by atoms with Crippen LogP contribution in [-0.2, 0) is 4.79 Å². The standard InChI is InChI=1S/C17H18N2O3/c1-12(20)18-13-8-10-14(11-9-13)19(2)17(21)15-6-4-5-7-16(15)22-3/h4-11H,1-3H3,(H,18,20). The fourth-order valence-electron chi connectivity index (χ4n) is 2.09. The van der Waals surface area contributed by atoms with Crippen molar-refractivity contribution >= 4 is 23.2 Å². The van der Waals surface area contributed by atoms with Crippen molar-refractivity contribution in [2.45, 2.75) is 6.92 Å². The van der Waals surface area contributed by atoms with Gasteiger partial charge in [0.25, 0.3) is 5.91 Å². The molecule has 22 heavy (non-hydrogen) atoms. The van der Waals surface area contributed by atoms with Crippen molar-refractivity contribution in [3.8, 4) is 5.75 Å². The molecule has 0 aliphatic heterocycles. The lowest BCUT2D eigenvalue weighted by atomic mass is 10.1. The maximum atomic E-state index is 12.6. The van der Waals surface area contributed by atoms with E-state index >= 15 is 0 Å². The van der Waals surface area contributed by atoms with Crippen molar-refractivity contribution in [2.75, 3.05) is 24.4 Å². The van der Waals surface area contributed by atoms with Crippen LogP contribution in [0.15, 0.2) is 48.5 Å². The normalized spacial score (nSPS) is 9.95. The zero-order chi connectivity index (χ0) is 16.1. The molecule has 2 aromatic carbocycles. The second-order valence-electron chi connectivity index (χ2n) is 4.79. The monoisotopic (exact) mass is 298 g/mol. The maximum Gasteiger partial charge on any atom is 0.261 e. The third-order valence-electron chi connectivity index (χ3n) is 3.22. The van der Waals surface area contributed by atoms with Crippen molar-refractivity contribution in [3.63, 3.8) is 0 Å². The van der Waals surface area contributed by atoms with Gasteiger partial charge in [-0.1, -0.05) is 12.1 Å². The van der Waals surface area contributed by atoms with Crippen molar-refractivity contribution in [3.05, 3.63) is 54.1 Å². The molecule has 0 aromatic heterocycles. The molecule has 1 N–H and O–H groups in total. The fourth-order valence-corrected chi connectivity index (χ4v) is 2.09. The van der Waals surface area contributed by atoms with Gasteiger partial charge in [0.15, 0.2) is 0 Å². The van der Waals surface area contributed by atoms with E-state index in [9.17, 15) is 9.59 Å². The van der Waals surface area contributed by atoms with Crippen LogP contribution in [0.4, 0.5) is 11.4 Å². The third-order valence-corrected chi connectivity index (χ3v) is 3.22. The average molecular weight is 298 g/mol. The Kier molecular flexibility index (Phi) is 4.78. The zero-order valence-corrected chi connectivity index (χ0v) is 12.8. The van der Waals surface area contributed by atoms with Crippen LogP contribution < -0.4 is 15.0 Å². The number of methoxy groups -OCH3 is 1. The molecule has 114 valence electrons. The largest absolute Gasteiger partial charge is 0.496 e. The topological polar surface area (TPSA) is 58.6 Å². The number of hydrogen-bond acceptors (Lipinski definition) is 3. The van der Waals surface area contributed by atoms with E-state index in [1.165, 1.54) is 18.9 Å². The number of nitrogens with zero attached hydrogens (tertiary/aromatic N) is 1. The lowest BCUT2D eigenvalue weighted by Crippen LogP contribution is -2.26.